The van der Waals surface area contributed by atoms with Gasteiger partial charge >= 0.3 is 0 Å². The van der Waals surface area contributed by atoms with Crippen molar-refractivity contribution in [1.82, 2.24) is 0 Å². The first-order valence-corrected chi connectivity index (χ1v) is 6.55. The highest BCUT2D eigenvalue weighted by Crippen LogP contribution is 2.32. The Labute approximate surface area is 127 Å². The number of nitrogen functional groups attached to an aromatic ring is 2. The minimum Gasteiger partial charge on any atom is -0.504 e. The van der Waals surface area contributed by atoms with E-state index in [0.717, 1.165) is 0 Å². The normalized spacial score (nSPS) is 12.1. The van der Waals surface area contributed by atoms with E-state index in [-0.39, 0.29) is 23.0 Å². The van der Waals surface area contributed by atoms with Crippen molar-refractivity contribution >= 4 is 11.4 Å². The number of aromatic hydroxyl groups is 2. The second-order valence-corrected chi connectivity index (χ2v) is 4.80. The molecule has 0 aromatic heterocycles. The Morgan fingerprint density at radius 2 is 1.27 bits per heavy atom. The summed E-state index contributed by atoms with van der Waals surface area (Å²) in [6, 6.07) is 8.53. The highest BCUT2D eigenvalue weighted by atomic mass is 16.7. The highest BCUT2D eigenvalue weighted by molar-refractivity contribution is 5.52. The Kier molecular flexibility index (Phi) is 4.47. The summed E-state index contributed by atoms with van der Waals surface area (Å²) in [5.74, 6) is -0.205. The number of phenolic OH excluding ortho intramolecular Hbond substituents is 2. The number of hydrogen-bond acceptors (Lipinski definition) is 7. The molecule has 0 aliphatic rings. The van der Waals surface area contributed by atoms with E-state index in [4.69, 9.17) is 20.9 Å². The van der Waals surface area contributed by atoms with Crippen LogP contribution >= 0.6 is 0 Å². The standard InChI is InChI=1S/C15H18N2O5/c1-8(18)15(21-13-6-9(16)2-4-11(13)19)22-14-7-10(17)3-5-12(14)20/h2-8,15,18-20H,16-17H2,1H3. The molecule has 1 unspecified atom stereocenters. The summed E-state index contributed by atoms with van der Waals surface area (Å²) < 4.78 is 10.9. The molecule has 1 atom stereocenters. The summed E-state index contributed by atoms with van der Waals surface area (Å²) in [7, 11) is 0. The van der Waals surface area contributed by atoms with Gasteiger partial charge in [-0.25, -0.2) is 0 Å². The van der Waals surface area contributed by atoms with Crippen LogP contribution in [0.25, 0.3) is 0 Å². The molecule has 7 heteroatoms. The van der Waals surface area contributed by atoms with Crippen LogP contribution in [0.5, 0.6) is 23.0 Å². The fraction of sp³-hybridized carbons (Fsp3) is 0.200. The molecule has 2 aromatic rings. The Hall–Kier alpha value is -2.80. The van der Waals surface area contributed by atoms with Crippen molar-refractivity contribution in [1.29, 1.82) is 0 Å². The van der Waals surface area contributed by atoms with E-state index < -0.39 is 12.4 Å². The van der Waals surface area contributed by atoms with Crippen molar-refractivity contribution < 1.29 is 24.8 Å². The average Bonchev–Trinajstić information content (AvgIpc) is 2.45. The summed E-state index contributed by atoms with van der Waals surface area (Å²) in [6.45, 7) is 1.44. The van der Waals surface area contributed by atoms with Gasteiger partial charge in [0, 0.05) is 23.5 Å². The molecule has 0 aliphatic carbocycles. The number of rotatable bonds is 5. The monoisotopic (exact) mass is 306 g/mol. The molecule has 2 aromatic carbocycles. The molecule has 0 fully saturated rings. The zero-order valence-corrected chi connectivity index (χ0v) is 11.9. The highest BCUT2D eigenvalue weighted by Gasteiger charge is 2.22. The minimum absolute atomic E-state index is 0.0503. The van der Waals surface area contributed by atoms with Crippen LogP contribution in [0.3, 0.4) is 0 Å². The predicted molar refractivity (Wildman–Crippen MR) is 81.8 cm³/mol. The molecule has 0 heterocycles. The van der Waals surface area contributed by atoms with Crippen LogP contribution in [0.15, 0.2) is 36.4 Å². The lowest BCUT2D eigenvalue weighted by molar-refractivity contribution is -0.0795. The fourth-order valence-electron chi connectivity index (χ4n) is 1.72. The van der Waals surface area contributed by atoms with E-state index in [1.54, 1.807) is 0 Å². The molecule has 118 valence electrons. The van der Waals surface area contributed by atoms with Gasteiger partial charge in [-0.3, -0.25) is 0 Å². The number of ether oxygens (including phenoxy) is 2. The molecule has 0 amide bonds. The zero-order chi connectivity index (χ0) is 16.3. The lowest BCUT2D eigenvalue weighted by Crippen LogP contribution is -2.35. The second kappa shape index (κ2) is 6.31. The summed E-state index contributed by atoms with van der Waals surface area (Å²) >= 11 is 0. The predicted octanol–water partition coefficient (Wildman–Crippen LogP) is 1.43. The molecule has 2 rings (SSSR count). The van der Waals surface area contributed by atoms with Crippen molar-refractivity contribution in [3.8, 4) is 23.0 Å². The van der Waals surface area contributed by atoms with Crippen LogP contribution < -0.4 is 20.9 Å². The quantitative estimate of drug-likeness (QED) is 0.321. The van der Waals surface area contributed by atoms with Crippen molar-refractivity contribution in [3.63, 3.8) is 0 Å². The van der Waals surface area contributed by atoms with Gasteiger partial charge in [-0.1, -0.05) is 0 Å². The van der Waals surface area contributed by atoms with E-state index in [0.29, 0.717) is 11.4 Å². The lowest BCUT2D eigenvalue weighted by atomic mass is 10.2. The van der Waals surface area contributed by atoms with Gasteiger partial charge in [0.1, 0.15) is 6.10 Å². The van der Waals surface area contributed by atoms with Crippen LogP contribution in [-0.2, 0) is 0 Å². The lowest BCUT2D eigenvalue weighted by Gasteiger charge is -2.23. The molecule has 0 aliphatic heterocycles. The van der Waals surface area contributed by atoms with Crippen molar-refractivity contribution in [3.05, 3.63) is 36.4 Å². The van der Waals surface area contributed by atoms with Crippen molar-refractivity contribution in [2.45, 2.75) is 19.3 Å². The molecule has 0 radical (unpaired) electrons. The van der Waals surface area contributed by atoms with Crippen LogP contribution in [0, 0.1) is 0 Å². The molecule has 7 N–H and O–H groups in total. The summed E-state index contributed by atoms with van der Waals surface area (Å²) in [6.07, 6.45) is -2.23. The first kappa shape index (κ1) is 15.6. The van der Waals surface area contributed by atoms with Gasteiger partial charge in [0.05, 0.1) is 0 Å². The van der Waals surface area contributed by atoms with Gasteiger partial charge in [-0.2, -0.15) is 0 Å². The van der Waals surface area contributed by atoms with Crippen LogP contribution in [0.4, 0.5) is 11.4 Å². The van der Waals surface area contributed by atoms with Crippen molar-refractivity contribution in [2.75, 3.05) is 11.5 Å². The molecule has 0 saturated heterocycles. The summed E-state index contributed by atoms with van der Waals surface area (Å²) in [5, 5.41) is 29.3. The number of anilines is 2. The van der Waals surface area contributed by atoms with Gasteiger partial charge in [0.15, 0.2) is 23.0 Å². The molecule has 0 spiro atoms. The maximum absolute atomic E-state index is 9.78. The van der Waals surface area contributed by atoms with E-state index in [1.165, 1.54) is 43.3 Å². The molecule has 0 saturated carbocycles. The van der Waals surface area contributed by atoms with Crippen LogP contribution in [0.1, 0.15) is 6.92 Å². The summed E-state index contributed by atoms with van der Waals surface area (Å²) in [4.78, 5) is 0. The van der Waals surface area contributed by atoms with Gasteiger partial charge in [0.2, 0.25) is 0 Å². The van der Waals surface area contributed by atoms with E-state index in [2.05, 4.69) is 0 Å². The van der Waals surface area contributed by atoms with Crippen molar-refractivity contribution in [2.24, 2.45) is 0 Å². The number of aliphatic hydroxyl groups is 1. The van der Waals surface area contributed by atoms with Gasteiger partial charge < -0.3 is 36.3 Å². The number of hydrogen-bond donors (Lipinski definition) is 5. The first-order valence-electron chi connectivity index (χ1n) is 6.55. The van der Waals surface area contributed by atoms with Crippen LogP contribution in [0.2, 0.25) is 0 Å². The third-order valence-corrected chi connectivity index (χ3v) is 2.85. The first-order chi connectivity index (χ1) is 10.4. The Morgan fingerprint density at radius 1 is 0.864 bits per heavy atom. The Bertz CT molecular complexity index is 607. The smallest absolute Gasteiger partial charge is 0.266 e. The fourth-order valence-corrected chi connectivity index (χ4v) is 1.72. The minimum atomic E-state index is -1.18. The average molecular weight is 306 g/mol. The summed E-state index contributed by atoms with van der Waals surface area (Å²) in [5.41, 5.74) is 12.0. The van der Waals surface area contributed by atoms with Gasteiger partial charge in [-0.05, 0) is 31.2 Å². The Morgan fingerprint density at radius 3 is 1.64 bits per heavy atom. The molecule has 0 bridgehead atoms. The van der Waals surface area contributed by atoms with Crippen LogP contribution in [-0.4, -0.2) is 27.7 Å². The maximum Gasteiger partial charge on any atom is 0.266 e. The molecular formula is C15H18N2O5. The molecule has 22 heavy (non-hydrogen) atoms. The van der Waals surface area contributed by atoms with Gasteiger partial charge in [0.25, 0.3) is 6.29 Å². The topological polar surface area (TPSA) is 131 Å². The molecule has 7 nitrogen and oxygen atoms in total. The maximum atomic E-state index is 9.78. The Balaban J connectivity index is 2.23. The number of benzene rings is 2. The van der Waals surface area contributed by atoms with E-state index in [1.807, 2.05) is 0 Å². The second-order valence-electron chi connectivity index (χ2n) is 4.80. The van der Waals surface area contributed by atoms with Gasteiger partial charge in [-0.15, -0.1) is 0 Å². The number of phenols is 2. The number of aliphatic hydroxyl groups excluding tert-OH is 1. The SMILES string of the molecule is CC(O)C(Oc1cc(N)ccc1O)Oc1cc(N)ccc1O. The third kappa shape index (κ3) is 3.64. The van der Waals surface area contributed by atoms with E-state index in [9.17, 15) is 15.3 Å². The third-order valence-electron chi connectivity index (χ3n) is 2.85. The van der Waals surface area contributed by atoms with E-state index >= 15 is 0 Å². The number of nitrogens with two attached hydrogens (primary N) is 2. The molecular weight excluding hydrogens is 288 g/mol. The largest absolute Gasteiger partial charge is 0.504 e. The zero-order valence-electron chi connectivity index (χ0n) is 11.9.